The maximum absolute atomic E-state index is 14.9. The predicted octanol–water partition coefficient (Wildman–Crippen LogP) is 4.66. The molecule has 1 aliphatic carbocycles. The highest BCUT2D eigenvalue weighted by Gasteiger charge is 2.54. The molecule has 40 heavy (non-hydrogen) atoms. The number of carbonyl (C=O) groups is 2. The Hall–Kier alpha value is -3.70. The number of hydrogen-bond donors (Lipinski definition) is 2. The number of amides is 2. The van der Waals surface area contributed by atoms with Gasteiger partial charge in [0.2, 0.25) is 11.8 Å². The molecule has 0 bridgehead atoms. The van der Waals surface area contributed by atoms with Gasteiger partial charge in [0, 0.05) is 24.7 Å². The fourth-order valence-corrected chi connectivity index (χ4v) is 5.83. The van der Waals surface area contributed by atoms with Crippen molar-refractivity contribution in [2.24, 2.45) is 22.6 Å². The lowest BCUT2D eigenvalue weighted by Gasteiger charge is -2.39. The number of guanidine groups is 1. The molecule has 0 radical (unpaired) electrons. The zero-order valence-corrected chi connectivity index (χ0v) is 22.6. The second-order valence-corrected chi connectivity index (χ2v) is 11.9. The van der Waals surface area contributed by atoms with Crippen molar-refractivity contribution < 1.29 is 31.9 Å². The maximum Gasteiger partial charge on any atom is 0.419 e. The summed E-state index contributed by atoms with van der Waals surface area (Å²) >= 11 is 0. The minimum Gasteiger partial charge on any atom is -0.487 e. The molecule has 3 N–H and O–H groups in total. The Kier molecular flexibility index (Phi) is 6.58. The number of pyridine rings is 1. The number of benzene rings is 1. The van der Waals surface area contributed by atoms with E-state index in [0.29, 0.717) is 18.1 Å². The van der Waals surface area contributed by atoms with Crippen LogP contribution in [0.5, 0.6) is 5.75 Å². The van der Waals surface area contributed by atoms with Crippen molar-refractivity contribution >= 4 is 17.8 Å². The van der Waals surface area contributed by atoms with E-state index in [4.69, 9.17) is 10.5 Å². The van der Waals surface area contributed by atoms with E-state index in [1.54, 1.807) is 52.2 Å². The summed E-state index contributed by atoms with van der Waals surface area (Å²) in [5.74, 6) is -3.10. The Morgan fingerprint density at radius 3 is 2.58 bits per heavy atom. The van der Waals surface area contributed by atoms with Gasteiger partial charge in [0.1, 0.15) is 17.2 Å². The zero-order chi connectivity index (χ0) is 29.2. The molecule has 4 atom stereocenters. The Labute approximate surface area is 229 Å². The Bertz CT molecular complexity index is 1380. The van der Waals surface area contributed by atoms with Crippen LogP contribution in [-0.4, -0.2) is 38.8 Å². The van der Waals surface area contributed by atoms with Gasteiger partial charge < -0.3 is 15.8 Å². The van der Waals surface area contributed by atoms with Gasteiger partial charge in [-0.15, -0.1) is 0 Å². The highest BCUT2D eigenvalue weighted by molar-refractivity contribution is 5.99. The van der Waals surface area contributed by atoms with Crippen LogP contribution in [0.3, 0.4) is 0 Å². The van der Waals surface area contributed by atoms with Crippen LogP contribution in [0.15, 0.2) is 41.7 Å². The summed E-state index contributed by atoms with van der Waals surface area (Å²) in [6.45, 7) is 6.78. The van der Waals surface area contributed by atoms with E-state index in [1.165, 1.54) is 4.90 Å². The topological polar surface area (TPSA) is 110 Å². The van der Waals surface area contributed by atoms with Crippen LogP contribution >= 0.6 is 0 Å². The smallest absolute Gasteiger partial charge is 0.419 e. The number of hydrogen-bond acceptors (Lipinski definition) is 6. The monoisotopic (exact) mass is 561 g/mol. The molecule has 3 heterocycles. The van der Waals surface area contributed by atoms with Crippen LogP contribution in [0, 0.1) is 17.7 Å². The summed E-state index contributed by atoms with van der Waals surface area (Å²) in [6, 6.07) is 3.22. The first-order valence-electron chi connectivity index (χ1n) is 13.0. The molecule has 5 rings (SSSR count). The molecule has 2 aromatic rings. The van der Waals surface area contributed by atoms with Crippen molar-refractivity contribution in [1.29, 1.82) is 0 Å². The van der Waals surface area contributed by atoms with Gasteiger partial charge in [-0.25, -0.2) is 9.38 Å². The molecule has 0 unspecified atom stereocenters. The largest absolute Gasteiger partial charge is 0.487 e. The predicted molar refractivity (Wildman–Crippen MR) is 137 cm³/mol. The SMILES string of the molecule is CC1(C)CC(=O)N([C@H](c2cccnc2)[C@H]2C[C@@H]2C(=O)N[C@@H]2CC(C)(C)Oc3c(C(F)(F)F)ccc(F)c32)C(N)=N1. The average Bonchev–Trinajstić information content (AvgIpc) is 3.60. The number of aliphatic imine (C=N–C) groups is 1. The molecule has 12 heteroatoms. The molecule has 3 aliphatic rings. The van der Waals surface area contributed by atoms with E-state index in [9.17, 15) is 27.2 Å². The fourth-order valence-electron chi connectivity index (χ4n) is 5.83. The number of nitrogens with two attached hydrogens (primary N) is 1. The number of halogens is 4. The molecular weight excluding hydrogens is 530 g/mol. The van der Waals surface area contributed by atoms with E-state index >= 15 is 0 Å². The number of fused-ring (bicyclic) bond motifs is 1. The van der Waals surface area contributed by atoms with Crippen LogP contribution in [-0.2, 0) is 15.8 Å². The summed E-state index contributed by atoms with van der Waals surface area (Å²) in [7, 11) is 0. The van der Waals surface area contributed by atoms with E-state index in [-0.39, 0.29) is 36.2 Å². The van der Waals surface area contributed by atoms with Crippen molar-refractivity contribution in [3.8, 4) is 5.75 Å². The van der Waals surface area contributed by atoms with Gasteiger partial charge in [-0.2, -0.15) is 13.2 Å². The van der Waals surface area contributed by atoms with Gasteiger partial charge in [-0.05, 0) is 63.8 Å². The molecular formula is C28H31F4N5O3. The molecule has 2 aliphatic heterocycles. The Balaban J connectivity index is 1.44. The normalized spacial score (nSPS) is 25.8. The molecule has 1 aromatic carbocycles. The fraction of sp³-hybridized carbons (Fsp3) is 0.500. The standard InChI is InChI=1S/C28H31F4N5O3/c1-26(2)12-20(38)37(25(33)36-26)22(14-6-5-9-34-13-14)15-10-16(15)24(39)35-19-11-27(3,4)40-23-17(28(30,31)32)7-8-18(29)21(19)23/h5-9,13,15-16,19,22H,10-12H2,1-4H3,(H2,33,36)(H,35,39)/t15-,16-,19+,22+/m0/s1. The van der Waals surface area contributed by atoms with Crippen LogP contribution in [0.2, 0.25) is 0 Å². The molecule has 2 amide bonds. The van der Waals surface area contributed by atoms with E-state index in [2.05, 4.69) is 15.3 Å². The third kappa shape index (κ3) is 5.23. The van der Waals surface area contributed by atoms with E-state index in [0.717, 1.165) is 6.07 Å². The summed E-state index contributed by atoms with van der Waals surface area (Å²) in [6.07, 6.45) is -1.00. The van der Waals surface area contributed by atoms with Crippen molar-refractivity contribution in [3.05, 3.63) is 59.2 Å². The second kappa shape index (κ2) is 9.45. The third-order valence-electron chi connectivity index (χ3n) is 7.59. The summed E-state index contributed by atoms with van der Waals surface area (Å²) in [5.41, 5.74) is 3.74. The van der Waals surface area contributed by atoms with Gasteiger partial charge in [-0.3, -0.25) is 19.5 Å². The van der Waals surface area contributed by atoms with Crippen molar-refractivity contribution in [1.82, 2.24) is 15.2 Å². The molecule has 1 fully saturated rings. The molecule has 8 nitrogen and oxygen atoms in total. The number of carbonyl (C=O) groups excluding carboxylic acids is 2. The lowest BCUT2D eigenvalue weighted by Crippen LogP contribution is -2.52. The number of rotatable bonds is 5. The number of aromatic nitrogens is 1. The molecule has 1 saturated carbocycles. The van der Waals surface area contributed by atoms with Gasteiger partial charge in [0.05, 0.1) is 35.2 Å². The lowest BCUT2D eigenvalue weighted by molar-refractivity contribution is -0.140. The molecule has 0 spiro atoms. The minimum atomic E-state index is -4.77. The third-order valence-corrected chi connectivity index (χ3v) is 7.59. The van der Waals surface area contributed by atoms with E-state index in [1.807, 2.05) is 0 Å². The van der Waals surface area contributed by atoms with Gasteiger partial charge in [-0.1, -0.05) is 6.07 Å². The van der Waals surface area contributed by atoms with Crippen LogP contribution < -0.4 is 15.8 Å². The summed E-state index contributed by atoms with van der Waals surface area (Å²) in [4.78, 5) is 36.8. The first kappa shape index (κ1) is 27.9. The lowest BCUT2D eigenvalue weighted by atomic mass is 9.87. The zero-order valence-electron chi connectivity index (χ0n) is 22.6. The highest BCUT2D eigenvalue weighted by Crippen LogP contribution is 2.52. The molecule has 1 aromatic heterocycles. The van der Waals surface area contributed by atoms with Gasteiger partial charge in [0.25, 0.3) is 0 Å². The molecule has 214 valence electrons. The first-order chi connectivity index (χ1) is 18.6. The van der Waals surface area contributed by atoms with Gasteiger partial charge >= 0.3 is 6.18 Å². The number of alkyl halides is 3. The average molecular weight is 562 g/mol. The summed E-state index contributed by atoms with van der Waals surface area (Å²) < 4.78 is 61.7. The quantitative estimate of drug-likeness (QED) is 0.516. The van der Waals surface area contributed by atoms with Crippen molar-refractivity contribution in [3.63, 3.8) is 0 Å². The highest BCUT2D eigenvalue weighted by atomic mass is 19.4. The Morgan fingerprint density at radius 2 is 1.95 bits per heavy atom. The van der Waals surface area contributed by atoms with Crippen molar-refractivity contribution in [2.45, 2.75) is 76.4 Å². The first-order valence-corrected chi connectivity index (χ1v) is 13.0. The van der Waals surface area contributed by atoms with Crippen LogP contribution in [0.4, 0.5) is 17.6 Å². The van der Waals surface area contributed by atoms with Gasteiger partial charge in [0.15, 0.2) is 5.96 Å². The number of ether oxygens (including phenoxy) is 1. The Morgan fingerprint density at radius 1 is 1.23 bits per heavy atom. The maximum atomic E-state index is 14.9. The molecule has 0 saturated heterocycles. The summed E-state index contributed by atoms with van der Waals surface area (Å²) in [5, 5.41) is 2.78. The van der Waals surface area contributed by atoms with Crippen molar-refractivity contribution in [2.75, 3.05) is 0 Å². The number of nitrogens with zero attached hydrogens (tertiary/aromatic N) is 3. The minimum absolute atomic E-state index is 0.0445. The van der Waals surface area contributed by atoms with E-state index < -0.39 is 58.4 Å². The van der Waals surface area contributed by atoms with Crippen LogP contribution in [0.25, 0.3) is 0 Å². The van der Waals surface area contributed by atoms with Crippen LogP contribution in [0.1, 0.15) is 75.7 Å². The second-order valence-electron chi connectivity index (χ2n) is 11.9. The number of nitrogens with one attached hydrogen (secondary N) is 1.